The van der Waals surface area contributed by atoms with Crippen LogP contribution in [0, 0.1) is 11.6 Å². The summed E-state index contributed by atoms with van der Waals surface area (Å²) >= 11 is 0. The van der Waals surface area contributed by atoms with Crippen LogP contribution in [0.1, 0.15) is 59.8 Å². The van der Waals surface area contributed by atoms with Crippen LogP contribution in [0.15, 0.2) is 91.0 Å². The quantitative estimate of drug-likeness (QED) is 0.265. The lowest BCUT2D eigenvalue weighted by Gasteiger charge is -2.33. The minimum atomic E-state index is -1.09. The maximum atomic E-state index is 14.8. The highest BCUT2D eigenvalue weighted by atomic mass is 19.1. The van der Waals surface area contributed by atoms with E-state index in [2.05, 4.69) is 10.3 Å². The molecule has 0 aliphatic heterocycles. The Balaban J connectivity index is 1.54. The lowest BCUT2D eigenvalue weighted by Crippen LogP contribution is -2.47. The zero-order valence-electron chi connectivity index (χ0n) is 21.6. The number of aromatic amines is 1. The van der Waals surface area contributed by atoms with Crippen LogP contribution in [0.5, 0.6) is 0 Å². The molecule has 4 aromatic rings. The summed E-state index contributed by atoms with van der Waals surface area (Å²) in [6.45, 7) is -0.147. The number of hydrogen-bond acceptors (Lipinski definition) is 2. The van der Waals surface area contributed by atoms with Gasteiger partial charge in [-0.2, -0.15) is 0 Å². The lowest BCUT2D eigenvalue weighted by atomic mass is 9.94. The molecule has 1 fully saturated rings. The van der Waals surface area contributed by atoms with E-state index in [1.165, 1.54) is 35.2 Å². The van der Waals surface area contributed by atoms with Gasteiger partial charge in [0, 0.05) is 17.3 Å². The first-order valence-electron chi connectivity index (χ1n) is 13.3. The first-order chi connectivity index (χ1) is 19.0. The highest BCUT2D eigenvalue weighted by Crippen LogP contribution is 2.29. The molecule has 39 heavy (non-hydrogen) atoms. The van der Waals surface area contributed by atoms with Crippen molar-refractivity contribution in [2.75, 3.05) is 0 Å². The number of benzene rings is 3. The third-order valence-corrected chi connectivity index (χ3v) is 7.26. The van der Waals surface area contributed by atoms with E-state index < -0.39 is 23.6 Å². The zero-order valence-corrected chi connectivity index (χ0v) is 21.6. The van der Waals surface area contributed by atoms with E-state index in [0.29, 0.717) is 5.56 Å². The van der Waals surface area contributed by atoms with Gasteiger partial charge in [0.25, 0.3) is 5.91 Å². The van der Waals surface area contributed by atoms with Crippen molar-refractivity contribution in [3.8, 4) is 11.3 Å². The standard InChI is InChI=1S/C32H31F2N3O2/c33-25-17-15-23(16-18-25)30(31(38)35-26-12-5-2-6-13-26)37(21-24-11-7-8-14-27(24)34)32(39)29-20-19-28(36-29)22-9-3-1-4-10-22/h1,3-4,7-11,14-20,26,30,36H,2,5-6,12-13,21H2,(H,35,38)/t30-/m0/s1. The largest absolute Gasteiger partial charge is 0.351 e. The number of nitrogens with one attached hydrogen (secondary N) is 2. The molecule has 2 N–H and O–H groups in total. The van der Waals surface area contributed by atoms with Gasteiger partial charge in [0.2, 0.25) is 5.91 Å². The van der Waals surface area contributed by atoms with E-state index >= 15 is 0 Å². The number of aromatic nitrogens is 1. The molecule has 1 saturated carbocycles. The second kappa shape index (κ2) is 12.1. The van der Waals surface area contributed by atoms with Crippen molar-refractivity contribution in [1.82, 2.24) is 15.2 Å². The summed E-state index contributed by atoms with van der Waals surface area (Å²) in [6, 6.07) is 23.7. The van der Waals surface area contributed by atoms with Crippen molar-refractivity contribution < 1.29 is 18.4 Å². The van der Waals surface area contributed by atoms with Gasteiger partial charge in [0.05, 0.1) is 6.54 Å². The molecule has 0 spiro atoms. The monoisotopic (exact) mass is 527 g/mol. The number of hydrogen-bond donors (Lipinski definition) is 2. The zero-order chi connectivity index (χ0) is 27.2. The average Bonchev–Trinajstić information content (AvgIpc) is 3.46. The fourth-order valence-electron chi connectivity index (χ4n) is 5.20. The van der Waals surface area contributed by atoms with E-state index in [9.17, 15) is 18.4 Å². The van der Waals surface area contributed by atoms with Crippen molar-refractivity contribution >= 4 is 11.8 Å². The second-order valence-corrected chi connectivity index (χ2v) is 9.97. The van der Waals surface area contributed by atoms with Crippen molar-refractivity contribution in [1.29, 1.82) is 0 Å². The number of halogens is 2. The molecular weight excluding hydrogens is 496 g/mol. The normalized spacial score (nSPS) is 14.5. The number of H-pyrrole nitrogens is 1. The Hall–Kier alpha value is -4.26. The van der Waals surface area contributed by atoms with Crippen LogP contribution in [-0.4, -0.2) is 27.7 Å². The van der Waals surface area contributed by atoms with Gasteiger partial charge >= 0.3 is 0 Å². The van der Waals surface area contributed by atoms with Gasteiger partial charge < -0.3 is 15.2 Å². The molecule has 1 atom stereocenters. The Labute approximate surface area is 226 Å². The Morgan fingerprint density at radius 1 is 0.846 bits per heavy atom. The fourth-order valence-corrected chi connectivity index (χ4v) is 5.20. The summed E-state index contributed by atoms with van der Waals surface area (Å²) in [5.41, 5.74) is 2.64. The molecule has 200 valence electrons. The summed E-state index contributed by atoms with van der Waals surface area (Å²) in [4.78, 5) is 32.5. The number of amides is 2. The van der Waals surface area contributed by atoms with Crippen molar-refractivity contribution in [3.63, 3.8) is 0 Å². The summed E-state index contributed by atoms with van der Waals surface area (Å²) in [5.74, 6) is -1.76. The molecule has 1 aromatic heterocycles. The van der Waals surface area contributed by atoms with Gasteiger partial charge in [-0.25, -0.2) is 8.78 Å². The Kier molecular flexibility index (Phi) is 8.16. The summed E-state index contributed by atoms with van der Waals surface area (Å²) in [5, 5.41) is 3.12. The van der Waals surface area contributed by atoms with Gasteiger partial charge in [-0.3, -0.25) is 9.59 Å². The summed E-state index contributed by atoms with van der Waals surface area (Å²) < 4.78 is 28.7. The smallest absolute Gasteiger partial charge is 0.271 e. The molecule has 1 aliphatic rings. The molecule has 1 heterocycles. The Morgan fingerprint density at radius 3 is 2.26 bits per heavy atom. The minimum absolute atomic E-state index is 0.00483. The molecule has 0 bridgehead atoms. The molecule has 0 unspecified atom stereocenters. The lowest BCUT2D eigenvalue weighted by molar-refractivity contribution is -0.127. The van der Waals surface area contributed by atoms with Crippen LogP contribution in [-0.2, 0) is 11.3 Å². The van der Waals surface area contributed by atoms with E-state index in [0.717, 1.165) is 43.4 Å². The minimum Gasteiger partial charge on any atom is -0.351 e. The molecule has 0 saturated heterocycles. The first-order valence-corrected chi connectivity index (χ1v) is 13.3. The van der Waals surface area contributed by atoms with E-state index in [1.807, 2.05) is 30.3 Å². The topological polar surface area (TPSA) is 65.2 Å². The van der Waals surface area contributed by atoms with Crippen LogP contribution < -0.4 is 5.32 Å². The maximum absolute atomic E-state index is 14.8. The Bertz CT molecular complexity index is 1410. The highest BCUT2D eigenvalue weighted by molar-refractivity contribution is 5.97. The molecule has 5 nitrogen and oxygen atoms in total. The van der Waals surface area contributed by atoms with Gasteiger partial charge in [-0.15, -0.1) is 0 Å². The molecule has 7 heteroatoms. The molecule has 1 aliphatic carbocycles. The average molecular weight is 528 g/mol. The number of nitrogens with zero attached hydrogens (tertiary/aromatic N) is 1. The van der Waals surface area contributed by atoms with Crippen LogP contribution in [0.2, 0.25) is 0 Å². The van der Waals surface area contributed by atoms with Crippen molar-refractivity contribution in [2.24, 2.45) is 0 Å². The van der Waals surface area contributed by atoms with Crippen LogP contribution in [0.4, 0.5) is 8.78 Å². The number of carbonyl (C=O) groups is 2. The van der Waals surface area contributed by atoms with Gasteiger partial charge in [0.15, 0.2) is 0 Å². The third-order valence-electron chi connectivity index (χ3n) is 7.26. The molecule has 2 amide bonds. The molecule has 3 aromatic carbocycles. The second-order valence-electron chi connectivity index (χ2n) is 9.97. The van der Waals surface area contributed by atoms with E-state index in [-0.39, 0.29) is 29.8 Å². The Morgan fingerprint density at radius 2 is 1.54 bits per heavy atom. The van der Waals surface area contributed by atoms with E-state index in [1.54, 1.807) is 30.3 Å². The predicted molar refractivity (Wildman–Crippen MR) is 147 cm³/mol. The van der Waals surface area contributed by atoms with Crippen molar-refractivity contribution in [2.45, 2.75) is 50.7 Å². The number of rotatable bonds is 8. The van der Waals surface area contributed by atoms with Crippen molar-refractivity contribution in [3.05, 3.63) is 119 Å². The van der Waals surface area contributed by atoms with Crippen LogP contribution in [0.25, 0.3) is 11.3 Å². The third kappa shape index (κ3) is 6.25. The van der Waals surface area contributed by atoms with Crippen LogP contribution >= 0.6 is 0 Å². The SMILES string of the molecule is O=C(NC1CCCCC1)[C@H](c1ccc(F)cc1)N(Cc1ccccc1F)C(=O)c1ccc(-c2ccccc2)[nH]1. The first kappa shape index (κ1) is 26.4. The predicted octanol–water partition coefficient (Wildman–Crippen LogP) is 6.79. The molecular formula is C32H31F2N3O2. The highest BCUT2D eigenvalue weighted by Gasteiger charge is 2.34. The van der Waals surface area contributed by atoms with Crippen LogP contribution in [0.3, 0.4) is 0 Å². The maximum Gasteiger partial charge on any atom is 0.271 e. The van der Waals surface area contributed by atoms with E-state index in [4.69, 9.17) is 0 Å². The fraction of sp³-hybridized carbons (Fsp3) is 0.250. The molecule has 0 radical (unpaired) electrons. The molecule has 5 rings (SSSR count). The van der Waals surface area contributed by atoms with Gasteiger partial charge in [-0.1, -0.05) is 79.9 Å². The summed E-state index contributed by atoms with van der Waals surface area (Å²) in [6.07, 6.45) is 4.90. The van der Waals surface area contributed by atoms with Gasteiger partial charge in [-0.05, 0) is 54.3 Å². The van der Waals surface area contributed by atoms with Gasteiger partial charge in [0.1, 0.15) is 23.4 Å². The number of carbonyl (C=O) groups excluding carboxylic acids is 2. The summed E-state index contributed by atoms with van der Waals surface area (Å²) in [7, 11) is 0.